The highest BCUT2D eigenvalue weighted by Gasteiger charge is 2.24. The summed E-state index contributed by atoms with van der Waals surface area (Å²) in [4.78, 5) is 17.6. The third-order valence-corrected chi connectivity index (χ3v) is 7.76. The van der Waals surface area contributed by atoms with Gasteiger partial charge in [0.25, 0.3) is 0 Å². The molecule has 3 aromatic carbocycles. The Labute approximate surface area is 222 Å². The van der Waals surface area contributed by atoms with Crippen LogP contribution in [0, 0.1) is 6.92 Å². The Morgan fingerprint density at radius 3 is 2.68 bits per heavy atom. The van der Waals surface area contributed by atoms with Crippen LogP contribution in [0.3, 0.4) is 0 Å². The first kappa shape index (κ1) is 23.0. The average Bonchev–Trinajstić information content (AvgIpc) is 3.19. The van der Waals surface area contributed by atoms with Crippen LogP contribution in [0.1, 0.15) is 28.1 Å². The minimum Gasteiger partial charge on any atom is -0.491 e. The van der Waals surface area contributed by atoms with Crippen LogP contribution >= 0.6 is 0 Å². The molecule has 0 fully saturated rings. The molecule has 0 unspecified atom stereocenters. The summed E-state index contributed by atoms with van der Waals surface area (Å²) in [6.45, 7) is 7.27. The summed E-state index contributed by atoms with van der Waals surface area (Å²) >= 11 is 0. The maximum atomic E-state index is 6.21. The minimum absolute atomic E-state index is 0.662. The number of rotatable bonds is 4. The molecule has 0 atom stereocenters. The summed E-state index contributed by atoms with van der Waals surface area (Å²) in [6.07, 6.45) is 5.15. The molecule has 38 heavy (non-hydrogen) atoms. The number of imidazole rings is 1. The largest absolute Gasteiger partial charge is 0.491 e. The predicted molar refractivity (Wildman–Crippen MR) is 151 cm³/mol. The number of aromatic amines is 1. The van der Waals surface area contributed by atoms with Gasteiger partial charge in [-0.05, 0) is 65.4 Å². The number of anilines is 1. The fraction of sp³-hybridized carbons (Fsp3) is 0.250. The second kappa shape index (κ2) is 9.62. The van der Waals surface area contributed by atoms with Crippen molar-refractivity contribution in [1.29, 1.82) is 0 Å². The third kappa shape index (κ3) is 4.41. The summed E-state index contributed by atoms with van der Waals surface area (Å²) in [5.74, 6) is 1.91. The second-order valence-electron chi connectivity index (χ2n) is 10.4. The van der Waals surface area contributed by atoms with Crippen molar-refractivity contribution in [3.8, 4) is 16.9 Å². The van der Waals surface area contributed by atoms with E-state index >= 15 is 0 Å². The van der Waals surface area contributed by atoms with E-state index in [1.165, 1.54) is 39.1 Å². The second-order valence-corrected chi connectivity index (χ2v) is 10.4. The van der Waals surface area contributed by atoms with Gasteiger partial charge in [-0.3, -0.25) is 9.88 Å². The maximum absolute atomic E-state index is 6.21. The molecule has 7 rings (SSSR count). The fourth-order valence-corrected chi connectivity index (χ4v) is 5.88. The number of pyridine rings is 1. The van der Waals surface area contributed by atoms with Crippen LogP contribution in [0.15, 0.2) is 79.1 Å². The Balaban J connectivity index is 1.15. The highest BCUT2D eigenvalue weighted by molar-refractivity contribution is 5.82. The van der Waals surface area contributed by atoms with E-state index < -0.39 is 0 Å². The lowest BCUT2D eigenvalue weighted by atomic mass is 9.98. The molecule has 0 bridgehead atoms. The molecule has 4 heterocycles. The van der Waals surface area contributed by atoms with E-state index in [1.54, 1.807) is 0 Å². The smallest absolute Gasteiger partial charge is 0.124 e. The standard InChI is InChI=1S/C32H31N5O/c1-22-34-29-9-7-25(16-30(29)35-22)24-8-10-32-26(15-24)21-37(13-14-38-32)31-18-33-17-27-20-36(12-11-28(27)31)19-23-5-3-2-4-6-23/h2-10,15-18H,11-14,19-21H2,1H3,(H,34,35). The van der Waals surface area contributed by atoms with Crippen molar-refractivity contribution in [2.45, 2.75) is 33.0 Å². The number of fused-ring (bicyclic) bond motifs is 3. The minimum atomic E-state index is 0.662. The summed E-state index contributed by atoms with van der Waals surface area (Å²) < 4.78 is 6.21. The Bertz CT molecular complexity index is 1610. The van der Waals surface area contributed by atoms with Gasteiger partial charge < -0.3 is 14.6 Å². The molecule has 0 radical (unpaired) electrons. The summed E-state index contributed by atoms with van der Waals surface area (Å²) in [6, 6.07) is 23.7. The summed E-state index contributed by atoms with van der Waals surface area (Å²) in [7, 11) is 0. The molecule has 0 aliphatic carbocycles. The van der Waals surface area contributed by atoms with E-state index in [4.69, 9.17) is 4.74 Å². The van der Waals surface area contributed by atoms with Gasteiger partial charge in [0.1, 0.15) is 18.2 Å². The molecular formula is C32H31N5O. The van der Waals surface area contributed by atoms with Crippen LogP contribution in [0.25, 0.3) is 22.2 Å². The lowest BCUT2D eigenvalue weighted by Gasteiger charge is -2.32. The van der Waals surface area contributed by atoms with E-state index in [1.807, 2.05) is 6.92 Å². The Kier molecular flexibility index (Phi) is 5.82. The van der Waals surface area contributed by atoms with Gasteiger partial charge >= 0.3 is 0 Å². The average molecular weight is 502 g/mol. The van der Waals surface area contributed by atoms with Gasteiger partial charge in [0.15, 0.2) is 0 Å². The SMILES string of the molecule is Cc1nc2ccc(-c3ccc4c(c3)CN(c3cncc5c3CCN(Cc3ccccc3)C5)CCO4)cc2[nH]1. The number of benzene rings is 3. The van der Waals surface area contributed by atoms with Gasteiger partial charge in [0, 0.05) is 37.9 Å². The fourth-order valence-electron chi connectivity index (χ4n) is 5.88. The molecule has 6 nitrogen and oxygen atoms in total. The lowest BCUT2D eigenvalue weighted by molar-refractivity contribution is 0.245. The topological polar surface area (TPSA) is 57.3 Å². The van der Waals surface area contributed by atoms with Gasteiger partial charge in [0.05, 0.1) is 29.5 Å². The molecule has 5 aromatic rings. The van der Waals surface area contributed by atoms with E-state index in [-0.39, 0.29) is 0 Å². The molecule has 6 heteroatoms. The van der Waals surface area contributed by atoms with Gasteiger partial charge in [-0.2, -0.15) is 0 Å². The van der Waals surface area contributed by atoms with Gasteiger partial charge in [-0.1, -0.05) is 42.5 Å². The van der Waals surface area contributed by atoms with E-state index in [2.05, 4.69) is 104 Å². The van der Waals surface area contributed by atoms with E-state index in [0.717, 1.165) is 61.8 Å². The van der Waals surface area contributed by atoms with E-state index in [9.17, 15) is 0 Å². The Morgan fingerprint density at radius 1 is 0.895 bits per heavy atom. The van der Waals surface area contributed by atoms with Gasteiger partial charge in [-0.25, -0.2) is 4.98 Å². The van der Waals surface area contributed by atoms with Crippen molar-refractivity contribution in [1.82, 2.24) is 19.9 Å². The zero-order valence-corrected chi connectivity index (χ0v) is 21.7. The normalized spacial score (nSPS) is 15.6. The Hall–Kier alpha value is -4.16. The molecule has 0 saturated carbocycles. The highest BCUT2D eigenvalue weighted by atomic mass is 16.5. The number of ether oxygens (including phenoxy) is 1. The summed E-state index contributed by atoms with van der Waals surface area (Å²) in [5.41, 5.74) is 11.0. The number of H-pyrrole nitrogens is 1. The molecule has 1 N–H and O–H groups in total. The zero-order valence-electron chi connectivity index (χ0n) is 21.7. The summed E-state index contributed by atoms with van der Waals surface area (Å²) in [5, 5.41) is 0. The molecule has 0 saturated heterocycles. The van der Waals surface area contributed by atoms with Crippen molar-refractivity contribution in [2.75, 3.05) is 24.6 Å². The first-order valence-corrected chi connectivity index (χ1v) is 13.4. The van der Waals surface area contributed by atoms with Crippen LogP contribution in [0.4, 0.5) is 5.69 Å². The molecule has 0 amide bonds. The first-order chi connectivity index (χ1) is 18.7. The number of nitrogens with one attached hydrogen (secondary N) is 1. The van der Waals surface area contributed by atoms with Crippen molar-refractivity contribution < 1.29 is 4.74 Å². The number of hydrogen-bond donors (Lipinski definition) is 1. The quantitative estimate of drug-likeness (QED) is 0.333. The van der Waals surface area contributed by atoms with Crippen LogP contribution in [-0.4, -0.2) is 39.5 Å². The number of aryl methyl sites for hydroxylation is 1. The van der Waals surface area contributed by atoms with E-state index in [0.29, 0.717) is 6.61 Å². The number of aromatic nitrogens is 3. The van der Waals surface area contributed by atoms with Crippen molar-refractivity contribution in [3.63, 3.8) is 0 Å². The van der Waals surface area contributed by atoms with Crippen LogP contribution in [-0.2, 0) is 26.1 Å². The van der Waals surface area contributed by atoms with Gasteiger partial charge in [-0.15, -0.1) is 0 Å². The molecule has 0 spiro atoms. The van der Waals surface area contributed by atoms with Crippen molar-refractivity contribution in [3.05, 3.63) is 107 Å². The molecular weight excluding hydrogens is 470 g/mol. The molecule has 2 aliphatic rings. The van der Waals surface area contributed by atoms with Crippen molar-refractivity contribution >= 4 is 16.7 Å². The first-order valence-electron chi connectivity index (χ1n) is 13.4. The number of hydrogen-bond acceptors (Lipinski definition) is 5. The molecule has 2 aromatic heterocycles. The van der Waals surface area contributed by atoms with Crippen LogP contribution < -0.4 is 9.64 Å². The molecule has 2 aliphatic heterocycles. The number of nitrogens with zero attached hydrogens (tertiary/aromatic N) is 4. The maximum Gasteiger partial charge on any atom is 0.124 e. The van der Waals surface area contributed by atoms with Gasteiger partial charge in [0.2, 0.25) is 0 Å². The van der Waals surface area contributed by atoms with Crippen LogP contribution in [0.5, 0.6) is 5.75 Å². The lowest BCUT2D eigenvalue weighted by Crippen LogP contribution is -2.33. The third-order valence-electron chi connectivity index (χ3n) is 7.76. The van der Waals surface area contributed by atoms with Crippen LogP contribution in [0.2, 0.25) is 0 Å². The molecule has 190 valence electrons. The zero-order chi connectivity index (χ0) is 25.5. The monoisotopic (exact) mass is 501 g/mol. The Morgan fingerprint density at radius 2 is 1.76 bits per heavy atom. The predicted octanol–water partition coefficient (Wildman–Crippen LogP) is 5.89. The highest BCUT2D eigenvalue weighted by Crippen LogP contribution is 2.34. The van der Waals surface area contributed by atoms with Crippen molar-refractivity contribution in [2.24, 2.45) is 0 Å².